The van der Waals surface area contributed by atoms with Crippen molar-refractivity contribution in [2.75, 3.05) is 0 Å². The fraction of sp³-hybridized carbons (Fsp3) is 0.188. The molecule has 2 heteroatoms. The number of benzene rings is 2. The van der Waals surface area contributed by atoms with Crippen molar-refractivity contribution in [3.05, 3.63) is 58.1 Å². The zero-order valence-electron chi connectivity index (χ0n) is 10.6. The lowest BCUT2D eigenvalue weighted by molar-refractivity contribution is 0.472. The van der Waals surface area contributed by atoms with E-state index in [0.717, 1.165) is 27.4 Å². The summed E-state index contributed by atoms with van der Waals surface area (Å²) in [4.78, 5) is 4.65. The van der Waals surface area contributed by atoms with E-state index in [-0.39, 0.29) is 11.2 Å². The van der Waals surface area contributed by atoms with Gasteiger partial charge in [-0.3, -0.25) is 0 Å². The molecule has 2 aromatic rings. The molecular weight excluding hydrogens is 222 g/mol. The number of fused-ring (bicyclic) bond motifs is 2. The highest BCUT2D eigenvalue weighted by atomic mass is 16.3. The van der Waals surface area contributed by atoms with Crippen molar-refractivity contribution in [3.8, 4) is 5.75 Å². The number of aromatic hydroxyl groups is 1. The molecule has 0 aromatic heterocycles. The molecule has 0 aliphatic carbocycles. The van der Waals surface area contributed by atoms with E-state index < -0.39 is 0 Å². The zero-order valence-corrected chi connectivity index (χ0v) is 10.6. The minimum Gasteiger partial charge on any atom is -0.508 e. The van der Waals surface area contributed by atoms with Gasteiger partial charge in [0.2, 0.25) is 0 Å². The average molecular weight is 237 g/mol. The SMILES string of the molecule is C=c1ccc2c(c1)C(C)(C)c1cc(O)ccc1N=2. The molecule has 90 valence electrons. The van der Waals surface area contributed by atoms with Crippen LogP contribution in [0, 0.1) is 0 Å². The van der Waals surface area contributed by atoms with Crippen LogP contribution >= 0.6 is 0 Å². The van der Waals surface area contributed by atoms with Gasteiger partial charge in [0.1, 0.15) is 5.75 Å². The Morgan fingerprint density at radius 1 is 1.06 bits per heavy atom. The molecular formula is C16H15NO. The first-order chi connectivity index (χ1) is 8.48. The second kappa shape index (κ2) is 3.45. The highest BCUT2D eigenvalue weighted by molar-refractivity contribution is 5.59. The lowest BCUT2D eigenvalue weighted by Crippen LogP contribution is -2.32. The maximum Gasteiger partial charge on any atom is 0.116 e. The summed E-state index contributed by atoms with van der Waals surface area (Å²) in [6.45, 7) is 8.28. The van der Waals surface area contributed by atoms with Crippen LogP contribution in [0.2, 0.25) is 0 Å². The predicted octanol–water partition coefficient (Wildman–Crippen LogP) is 2.39. The summed E-state index contributed by atoms with van der Waals surface area (Å²) >= 11 is 0. The Morgan fingerprint density at radius 3 is 2.61 bits per heavy atom. The van der Waals surface area contributed by atoms with E-state index in [1.54, 1.807) is 12.1 Å². The summed E-state index contributed by atoms with van der Waals surface area (Å²) in [5.41, 5.74) is 2.98. The smallest absolute Gasteiger partial charge is 0.116 e. The number of phenolic OH excluding ortho intramolecular Hbond substituents is 1. The van der Waals surface area contributed by atoms with Crippen LogP contribution in [0.5, 0.6) is 5.75 Å². The highest BCUT2D eigenvalue weighted by Crippen LogP contribution is 2.39. The van der Waals surface area contributed by atoms with Crippen LogP contribution in [0.25, 0.3) is 6.58 Å². The molecule has 3 rings (SSSR count). The van der Waals surface area contributed by atoms with Gasteiger partial charge in [0.15, 0.2) is 0 Å². The van der Waals surface area contributed by atoms with Gasteiger partial charge in [0, 0.05) is 5.41 Å². The highest BCUT2D eigenvalue weighted by Gasteiger charge is 2.30. The van der Waals surface area contributed by atoms with Gasteiger partial charge in [-0.2, -0.15) is 0 Å². The molecule has 2 nitrogen and oxygen atoms in total. The van der Waals surface area contributed by atoms with Crippen LogP contribution in [0.4, 0.5) is 5.69 Å². The van der Waals surface area contributed by atoms with E-state index >= 15 is 0 Å². The molecule has 0 spiro atoms. The number of hydrogen-bond acceptors (Lipinski definition) is 2. The summed E-state index contributed by atoms with van der Waals surface area (Å²) in [6.07, 6.45) is 0. The van der Waals surface area contributed by atoms with Crippen LogP contribution in [0.1, 0.15) is 25.0 Å². The molecule has 0 radical (unpaired) electrons. The summed E-state index contributed by atoms with van der Waals surface area (Å²) in [7, 11) is 0. The molecule has 1 heterocycles. The van der Waals surface area contributed by atoms with Crippen LogP contribution in [-0.4, -0.2) is 5.11 Å². The Balaban J connectivity index is 2.44. The third-order valence-corrected chi connectivity index (χ3v) is 3.63. The number of nitrogens with zero attached hydrogens (tertiary/aromatic N) is 1. The summed E-state index contributed by atoms with van der Waals surface area (Å²) in [5.74, 6) is 0.284. The number of phenols is 1. The monoisotopic (exact) mass is 237 g/mol. The van der Waals surface area contributed by atoms with E-state index in [2.05, 4.69) is 31.5 Å². The van der Waals surface area contributed by atoms with Gasteiger partial charge in [-0.05, 0) is 46.7 Å². The molecule has 0 bridgehead atoms. The number of hydrogen-bond donors (Lipinski definition) is 1. The van der Waals surface area contributed by atoms with Crippen molar-refractivity contribution in [2.24, 2.45) is 4.99 Å². The van der Waals surface area contributed by atoms with Gasteiger partial charge in [-0.15, -0.1) is 0 Å². The topological polar surface area (TPSA) is 32.6 Å². The Hall–Kier alpha value is -2.09. The quantitative estimate of drug-likeness (QED) is 0.749. The van der Waals surface area contributed by atoms with E-state index in [1.807, 2.05) is 18.2 Å². The first-order valence-corrected chi connectivity index (χ1v) is 6.00. The second-order valence-corrected chi connectivity index (χ2v) is 5.29. The predicted molar refractivity (Wildman–Crippen MR) is 72.6 cm³/mol. The van der Waals surface area contributed by atoms with Crippen LogP contribution in [-0.2, 0) is 5.41 Å². The first kappa shape index (κ1) is 11.0. The third kappa shape index (κ3) is 1.46. The van der Waals surface area contributed by atoms with Crippen LogP contribution in [0.3, 0.4) is 0 Å². The van der Waals surface area contributed by atoms with Gasteiger partial charge < -0.3 is 5.11 Å². The number of rotatable bonds is 0. The van der Waals surface area contributed by atoms with Crippen molar-refractivity contribution in [3.63, 3.8) is 0 Å². The van der Waals surface area contributed by atoms with Crippen molar-refractivity contribution in [2.45, 2.75) is 19.3 Å². The molecule has 1 aliphatic rings. The minimum absolute atomic E-state index is 0.168. The maximum atomic E-state index is 9.67. The van der Waals surface area contributed by atoms with Gasteiger partial charge in [0.25, 0.3) is 0 Å². The van der Waals surface area contributed by atoms with Crippen molar-refractivity contribution >= 4 is 12.3 Å². The largest absolute Gasteiger partial charge is 0.508 e. The van der Waals surface area contributed by atoms with Gasteiger partial charge in [-0.25, -0.2) is 4.99 Å². The first-order valence-electron chi connectivity index (χ1n) is 6.00. The fourth-order valence-electron chi connectivity index (χ4n) is 2.58. The third-order valence-electron chi connectivity index (χ3n) is 3.63. The lowest BCUT2D eigenvalue weighted by atomic mass is 9.75. The molecule has 2 aromatic carbocycles. The Kier molecular flexibility index (Phi) is 2.11. The molecule has 0 saturated heterocycles. The molecule has 0 unspecified atom stereocenters. The zero-order chi connectivity index (χ0) is 12.9. The van der Waals surface area contributed by atoms with Crippen molar-refractivity contribution in [1.82, 2.24) is 0 Å². The van der Waals surface area contributed by atoms with Crippen LogP contribution < -0.4 is 10.6 Å². The molecule has 0 fully saturated rings. The van der Waals surface area contributed by atoms with E-state index in [1.165, 1.54) is 0 Å². The average Bonchev–Trinajstić information content (AvgIpc) is 2.32. The fourth-order valence-corrected chi connectivity index (χ4v) is 2.58. The molecule has 1 aliphatic heterocycles. The standard InChI is InChI=1S/C16H15NO/c1-10-4-6-14-12(8-10)16(2,3)13-9-11(18)5-7-15(13)17-14/h4-9,18H,1H2,2-3H3. The van der Waals surface area contributed by atoms with Gasteiger partial charge >= 0.3 is 0 Å². The summed E-state index contributed by atoms with van der Waals surface area (Å²) in [6, 6.07) is 11.4. The van der Waals surface area contributed by atoms with Crippen molar-refractivity contribution < 1.29 is 5.11 Å². The molecule has 18 heavy (non-hydrogen) atoms. The van der Waals surface area contributed by atoms with E-state index in [4.69, 9.17) is 0 Å². The molecule has 0 saturated carbocycles. The van der Waals surface area contributed by atoms with E-state index in [0.29, 0.717) is 0 Å². The molecule has 1 N–H and O–H groups in total. The van der Waals surface area contributed by atoms with Gasteiger partial charge in [-0.1, -0.05) is 26.5 Å². The lowest BCUT2D eigenvalue weighted by Gasteiger charge is -2.30. The molecule has 0 atom stereocenters. The Morgan fingerprint density at radius 2 is 1.83 bits per heavy atom. The minimum atomic E-state index is -0.168. The second-order valence-electron chi connectivity index (χ2n) is 5.29. The summed E-state index contributed by atoms with van der Waals surface area (Å²) < 4.78 is 0. The summed E-state index contributed by atoms with van der Waals surface area (Å²) in [5, 5.41) is 11.6. The van der Waals surface area contributed by atoms with E-state index in [9.17, 15) is 5.11 Å². The molecule has 0 amide bonds. The maximum absolute atomic E-state index is 9.67. The Bertz CT molecular complexity index is 744. The normalized spacial score (nSPS) is 15.4. The Labute approximate surface area is 106 Å². The van der Waals surface area contributed by atoms with Crippen LogP contribution in [0.15, 0.2) is 41.4 Å². The van der Waals surface area contributed by atoms with Gasteiger partial charge in [0.05, 0.1) is 11.0 Å². The van der Waals surface area contributed by atoms with Crippen molar-refractivity contribution in [1.29, 1.82) is 0 Å².